The Morgan fingerprint density at radius 3 is 2.17 bits per heavy atom. The molecule has 2 amide bonds. The molecule has 1 aliphatic rings. The van der Waals surface area contributed by atoms with Crippen molar-refractivity contribution in [2.45, 2.75) is 49.3 Å². The Bertz CT molecular complexity index is 658. The van der Waals surface area contributed by atoms with Crippen LogP contribution in [0.15, 0.2) is 29.2 Å². The maximum Gasteiger partial charge on any atom is 0.317 e. The molecule has 0 saturated carbocycles. The first-order chi connectivity index (χ1) is 10.6. The van der Waals surface area contributed by atoms with Gasteiger partial charge in [-0.15, -0.1) is 0 Å². The van der Waals surface area contributed by atoms with E-state index < -0.39 is 20.9 Å². The van der Waals surface area contributed by atoms with Crippen LogP contribution in [0, 0.1) is 5.82 Å². The standard InChI is InChI=1S/C16H23FN2O3S/c1-16(2,3)18-15(20)19-10-8-14(9-11-19)23(21,22)13-6-4-12(17)5-7-13/h4-7,14H,8-11H2,1-3H3,(H,18,20). The number of carbonyl (C=O) groups is 1. The Morgan fingerprint density at radius 2 is 1.70 bits per heavy atom. The molecule has 1 fully saturated rings. The lowest BCUT2D eigenvalue weighted by molar-refractivity contribution is 0.178. The molecule has 1 aliphatic heterocycles. The van der Waals surface area contributed by atoms with E-state index in [0.29, 0.717) is 25.9 Å². The van der Waals surface area contributed by atoms with Gasteiger partial charge in [0.05, 0.1) is 10.1 Å². The fourth-order valence-corrected chi connectivity index (χ4v) is 4.32. The maximum absolute atomic E-state index is 12.9. The van der Waals surface area contributed by atoms with E-state index in [2.05, 4.69) is 5.32 Å². The first-order valence-electron chi connectivity index (χ1n) is 7.66. The van der Waals surface area contributed by atoms with Gasteiger partial charge in [0.2, 0.25) is 0 Å². The van der Waals surface area contributed by atoms with Crippen LogP contribution < -0.4 is 5.32 Å². The lowest BCUT2D eigenvalue weighted by atomic mass is 10.1. The van der Waals surface area contributed by atoms with Crippen molar-refractivity contribution in [2.75, 3.05) is 13.1 Å². The number of hydrogen-bond acceptors (Lipinski definition) is 3. The Balaban J connectivity index is 2.01. The van der Waals surface area contributed by atoms with E-state index in [1.807, 2.05) is 20.8 Å². The van der Waals surface area contributed by atoms with Crippen molar-refractivity contribution in [3.63, 3.8) is 0 Å². The Morgan fingerprint density at radius 1 is 1.17 bits per heavy atom. The molecule has 2 rings (SSSR count). The van der Waals surface area contributed by atoms with Crippen LogP contribution in [0.3, 0.4) is 0 Å². The fraction of sp³-hybridized carbons (Fsp3) is 0.562. The van der Waals surface area contributed by atoms with E-state index in [1.54, 1.807) is 4.90 Å². The van der Waals surface area contributed by atoms with Crippen molar-refractivity contribution in [3.05, 3.63) is 30.1 Å². The number of likely N-dealkylation sites (tertiary alicyclic amines) is 1. The van der Waals surface area contributed by atoms with Crippen molar-refractivity contribution in [3.8, 4) is 0 Å². The summed E-state index contributed by atoms with van der Waals surface area (Å²) in [4.78, 5) is 13.9. The molecule has 0 atom stereocenters. The van der Waals surface area contributed by atoms with Gasteiger partial charge in [0.1, 0.15) is 5.82 Å². The van der Waals surface area contributed by atoms with Crippen LogP contribution in [0.4, 0.5) is 9.18 Å². The van der Waals surface area contributed by atoms with Crippen molar-refractivity contribution in [1.82, 2.24) is 10.2 Å². The quantitative estimate of drug-likeness (QED) is 0.840. The van der Waals surface area contributed by atoms with E-state index in [1.165, 1.54) is 12.1 Å². The number of carbonyl (C=O) groups excluding carboxylic acids is 1. The van der Waals surface area contributed by atoms with Crippen LogP contribution in [0.2, 0.25) is 0 Å². The number of hydrogen-bond donors (Lipinski definition) is 1. The molecule has 23 heavy (non-hydrogen) atoms. The molecule has 0 radical (unpaired) electrons. The van der Waals surface area contributed by atoms with Crippen molar-refractivity contribution in [2.24, 2.45) is 0 Å². The Labute approximate surface area is 136 Å². The monoisotopic (exact) mass is 342 g/mol. The number of urea groups is 1. The molecule has 1 heterocycles. The Kier molecular flexibility index (Phi) is 4.98. The number of halogens is 1. The van der Waals surface area contributed by atoms with Gasteiger partial charge in [-0.05, 0) is 57.9 Å². The zero-order valence-corrected chi connectivity index (χ0v) is 14.5. The maximum atomic E-state index is 12.9. The highest BCUT2D eigenvalue weighted by atomic mass is 32.2. The second kappa shape index (κ2) is 6.47. The molecular weight excluding hydrogens is 319 g/mol. The summed E-state index contributed by atoms with van der Waals surface area (Å²) in [7, 11) is -3.49. The van der Waals surface area contributed by atoms with Gasteiger partial charge in [0.15, 0.2) is 9.84 Å². The van der Waals surface area contributed by atoms with Crippen LogP contribution in [-0.2, 0) is 9.84 Å². The SMILES string of the molecule is CC(C)(C)NC(=O)N1CCC(S(=O)(=O)c2ccc(F)cc2)CC1. The van der Waals surface area contributed by atoms with Gasteiger partial charge in [-0.25, -0.2) is 17.6 Å². The van der Waals surface area contributed by atoms with E-state index in [9.17, 15) is 17.6 Å². The van der Waals surface area contributed by atoms with Gasteiger partial charge in [0, 0.05) is 18.6 Å². The van der Waals surface area contributed by atoms with Gasteiger partial charge in [-0.3, -0.25) is 0 Å². The first kappa shape index (κ1) is 17.7. The summed E-state index contributed by atoms with van der Waals surface area (Å²) in [5.74, 6) is -0.461. The summed E-state index contributed by atoms with van der Waals surface area (Å²) in [5.41, 5.74) is -0.325. The largest absolute Gasteiger partial charge is 0.333 e. The highest BCUT2D eigenvalue weighted by molar-refractivity contribution is 7.92. The third-order valence-electron chi connectivity index (χ3n) is 3.79. The van der Waals surface area contributed by atoms with Gasteiger partial charge in [-0.1, -0.05) is 0 Å². The summed E-state index contributed by atoms with van der Waals surface area (Å²) >= 11 is 0. The third-order valence-corrected chi connectivity index (χ3v) is 6.07. The van der Waals surface area contributed by atoms with E-state index in [4.69, 9.17) is 0 Å². The first-order valence-corrected chi connectivity index (χ1v) is 9.21. The Hall–Kier alpha value is -1.63. The average Bonchev–Trinajstić information content (AvgIpc) is 2.46. The summed E-state index contributed by atoms with van der Waals surface area (Å²) < 4.78 is 38.1. The van der Waals surface area contributed by atoms with Crippen LogP contribution in [0.1, 0.15) is 33.6 Å². The zero-order valence-electron chi connectivity index (χ0n) is 13.7. The molecule has 0 unspecified atom stereocenters. The molecule has 0 aliphatic carbocycles. The summed E-state index contributed by atoms with van der Waals surface area (Å²) in [6, 6.07) is 4.72. The lowest BCUT2D eigenvalue weighted by Gasteiger charge is -2.34. The molecule has 1 N–H and O–H groups in total. The minimum Gasteiger partial charge on any atom is -0.333 e. The van der Waals surface area contributed by atoms with Gasteiger partial charge in [0.25, 0.3) is 0 Å². The molecule has 0 spiro atoms. The predicted molar refractivity (Wildman–Crippen MR) is 86.5 cm³/mol. The second-order valence-electron chi connectivity index (χ2n) is 6.87. The zero-order chi connectivity index (χ0) is 17.3. The topological polar surface area (TPSA) is 66.5 Å². The van der Waals surface area contributed by atoms with Crippen LogP contribution in [0.5, 0.6) is 0 Å². The normalized spacial score (nSPS) is 17.1. The number of amides is 2. The molecule has 128 valence electrons. The second-order valence-corrected chi connectivity index (χ2v) is 9.09. The smallest absolute Gasteiger partial charge is 0.317 e. The van der Waals surface area contributed by atoms with Crippen molar-refractivity contribution < 1.29 is 17.6 Å². The number of piperidine rings is 1. The molecule has 1 saturated heterocycles. The number of sulfone groups is 1. The molecule has 1 aromatic rings. The molecule has 0 aromatic heterocycles. The lowest BCUT2D eigenvalue weighted by Crippen LogP contribution is -2.51. The average molecular weight is 342 g/mol. The molecular formula is C16H23FN2O3S. The molecule has 1 aromatic carbocycles. The number of rotatable bonds is 2. The molecule has 5 nitrogen and oxygen atoms in total. The van der Waals surface area contributed by atoms with Crippen molar-refractivity contribution in [1.29, 1.82) is 0 Å². The number of nitrogens with one attached hydrogen (secondary N) is 1. The van der Waals surface area contributed by atoms with Crippen molar-refractivity contribution >= 4 is 15.9 Å². The van der Waals surface area contributed by atoms with Crippen LogP contribution in [-0.4, -0.2) is 43.2 Å². The molecule has 7 heteroatoms. The molecule has 0 bridgehead atoms. The minimum absolute atomic E-state index is 0.136. The van der Waals surface area contributed by atoms with Gasteiger partial charge in [-0.2, -0.15) is 0 Å². The van der Waals surface area contributed by atoms with Gasteiger partial charge >= 0.3 is 6.03 Å². The van der Waals surface area contributed by atoms with Gasteiger partial charge < -0.3 is 10.2 Å². The third kappa shape index (κ3) is 4.43. The van der Waals surface area contributed by atoms with Crippen LogP contribution >= 0.6 is 0 Å². The number of benzene rings is 1. The van der Waals surface area contributed by atoms with Crippen LogP contribution in [0.25, 0.3) is 0 Å². The summed E-state index contributed by atoms with van der Waals surface area (Å²) in [6.07, 6.45) is 0.772. The highest BCUT2D eigenvalue weighted by Crippen LogP contribution is 2.25. The summed E-state index contributed by atoms with van der Waals surface area (Å²) in [5, 5.41) is 2.34. The highest BCUT2D eigenvalue weighted by Gasteiger charge is 2.33. The minimum atomic E-state index is -3.49. The van der Waals surface area contributed by atoms with E-state index in [0.717, 1.165) is 12.1 Å². The predicted octanol–water partition coefficient (Wildman–Crippen LogP) is 2.57. The number of nitrogens with zero attached hydrogens (tertiary/aromatic N) is 1. The van der Waals surface area contributed by atoms with E-state index in [-0.39, 0.29) is 16.5 Å². The summed E-state index contributed by atoms with van der Waals surface area (Å²) in [6.45, 7) is 6.49. The van der Waals surface area contributed by atoms with E-state index >= 15 is 0 Å². The fourth-order valence-electron chi connectivity index (χ4n) is 2.59.